The number of amides is 1. The quantitative estimate of drug-likeness (QED) is 0.894. The lowest BCUT2D eigenvalue weighted by atomic mass is 10.1. The van der Waals surface area contributed by atoms with E-state index in [0.29, 0.717) is 22.2 Å². The van der Waals surface area contributed by atoms with Gasteiger partial charge in [-0.05, 0) is 25.0 Å². The highest BCUT2D eigenvalue weighted by Gasteiger charge is 2.14. The van der Waals surface area contributed by atoms with E-state index in [2.05, 4.69) is 22.2 Å². The Balaban J connectivity index is 2.06. The minimum absolute atomic E-state index is 0.153. The minimum Gasteiger partial charge on any atom is -0.375 e. The van der Waals surface area contributed by atoms with Crippen LogP contribution >= 0.6 is 11.3 Å². The second kappa shape index (κ2) is 5.79. The summed E-state index contributed by atoms with van der Waals surface area (Å²) >= 11 is 1.20. The van der Waals surface area contributed by atoms with Gasteiger partial charge in [0.05, 0.1) is 17.9 Å². The van der Waals surface area contributed by atoms with E-state index in [0.717, 1.165) is 17.7 Å². The highest BCUT2D eigenvalue weighted by molar-refractivity contribution is 7.17. The molecular formula is C13H16N4OS. The van der Waals surface area contributed by atoms with Gasteiger partial charge in [0.15, 0.2) is 5.13 Å². The standard InChI is InChI=1S/C13H16N4OS/c1-3-9-5-4-6-15-10(9)7-16-12(18)11-8(2)17-13(14)19-11/h4-6H,3,7H2,1-2H3,(H2,14,17)(H,16,18). The maximum absolute atomic E-state index is 12.0. The van der Waals surface area contributed by atoms with Gasteiger partial charge in [-0.3, -0.25) is 9.78 Å². The Labute approximate surface area is 115 Å². The molecule has 3 N–H and O–H groups in total. The molecule has 0 radical (unpaired) electrons. The summed E-state index contributed by atoms with van der Waals surface area (Å²) in [7, 11) is 0. The number of nitrogens with one attached hydrogen (secondary N) is 1. The Morgan fingerprint density at radius 2 is 2.32 bits per heavy atom. The fourth-order valence-electron chi connectivity index (χ4n) is 1.82. The fourth-order valence-corrected chi connectivity index (χ4v) is 2.57. The number of carbonyl (C=O) groups is 1. The number of aryl methyl sites for hydroxylation is 2. The fraction of sp³-hybridized carbons (Fsp3) is 0.308. The predicted octanol–water partition coefficient (Wildman–Crippen LogP) is 1.92. The van der Waals surface area contributed by atoms with Gasteiger partial charge in [0.25, 0.3) is 5.91 Å². The molecule has 0 bridgehead atoms. The molecule has 1 amide bonds. The Morgan fingerprint density at radius 3 is 2.95 bits per heavy atom. The number of carbonyl (C=O) groups excluding carboxylic acids is 1. The van der Waals surface area contributed by atoms with E-state index in [-0.39, 0.29) is 5.91 Å². The van der Waals surface area contributed by atoms with Crippen LogP contribution in [0.4, 0.5) is 5.13 Å². The van der Waals surface area contributed by atoms with Crippen LogP contribution in [0, 0.1) is 6.92 Å². The summed E-state index contributed by atoms with van der Waals surface area (Å²) in [6, 6.07) is 3.92. The van der Waals surface area contributed by atoms with E-state index in [1.165, 1.54) is 11.3 Å². The highest BCUT2D eigenvalue weighted by atomic mass is 32.1. The topological polar surface area (TPSA) is 80.9 Å². The number of pyridine rings is 1. The Bertz CT molecular complexity index is 594. The maximum atomic E-state index is 12.0. The van der Waals surface area contributed by atoms with Crippen LogP contribution in [0.1, 0.15) is 33.5 Å². The van der Waals surface area contributed by atoms with Crippen LogP contribution in [-0.2, 0) is 13.0 Å². The number of anilines is 1. The van der Waals surface area contributed by atoms with E-state index in [1.807, 2.05) is 12.1 Å². The molecular weight excluding hydrogens is 260 g/mol. The van der Waals surface area contributed by atoms with Crippen LogP contribution in [0.25, 0.3) is 0 Å². The van der Waals surface area contributed by atoms with Gasteiger partial charge in [0.2, 0.25) is 0 Å². The summed E-state index contributed by atoms with van der Waals surface area (Å²) in [6.07, 6.45) is 2.63. The maximum Gasteiger partial charge on any atom is 0.263 e. The molecule has 0 atom stereocenters. The summed E-state index contributed by atoms with van der Waals surface area (Å²) in [6.45, 7) is 4.26. The van der Waals surface area contributed by atoms with Crippen molar-refractivity contribution in [1.82, 2.24) is 15.3 Å². The van der Waals surface area contributed by atoms with Crippen molar-refractivity contribution in [1.29, 1.82) is 0 Å². The molecule has 2 aromatic rings. The first-order valence-corrected chi connectivity index (χ1v) is 6.87. The van der Waals surface area contributed by atoms with Gasteiger partial charge in [0.1, 0.15) is 4.88 Å². The molecule has 2 heterocycles. The number of nitrogen functional groups attached to an aromatic ring is 1. The molecule has 19 heavy (non-hydrogen) atoms. The number of aromatic nitrogens is 2. The van der Waals surface area contributed by atoms with Crippen LogP contribution in [0.3, 0.4) is 0 Å². The lowest BCUT2D eigenvalue weighted by molar-refractivity contribution is 0.0953. The highest BCUT2D eigenvalue weighted by Crippen LogP contribution is 2.19. The summed E-state index contributed by atoms with van der Waals surface area (Å²) in [5.74, 6) is -0.153. The van der Waals surface area contributed by atoms with Crippen molar-refractivity contribution in [3.8, 4) is 0 Å². The third-order valence-electron chi connectivity index (χ3n) is 2.80. The average Bonchev–Trinajstić information content (AvgIpc) is 2.75. The molecule has 100 valence electrons. The molecule has 0 aliphatic heterocycles. The monoisotopic (exact) mass is 276 g/mol. The number of nitrogens with zero attached hydrogens (tertiary/aromatic N) is 2. The van der Waals surface area contributed by atoms with Gasteiger partial charge < -0.3 is 11.1 Å². The van der Waals surface area contributed by atoms with Crippen molar-refractivity contribution < 1.29 is 4.79 Å². The zero-order valence-corrected chi connectivity index (χ0v) is 11.8. The smallest absolute Gasteiger partial charge is 0.263 e. The number of hydrogen-bond donors (Lipinski definition) is 2. The molecule has 6 heteroatoms. The second-order valence-electron chi connectivity index (χ2n) is 4.11. The van der Waals surface area contributed by atoms with Crippen molar-refractivity contribution in [2.45, 2.75) is 26.8 Å². The minimum atomic E-state index is -0.153. The van der Waals surface area contributed by atoms with Gasteiger partial charge in [-0.25, -0.2) is 4.98 Å². The zero-order valence-electron chi connectivity index (χ0n) is 10.9. The van der Waals surface area contributed by atoms with Crippen molar-refractivity contribution in [2.24, 2.45) is 0 Å². The van der Waals surface area contributed by atoms with Gasteiger partial charge in [-0.2, -0.15) is 0 Å². The molecule has 0 unspecified atom stereocenters. The average molecular weight is 276 g/mol. The first-order valence-electron chi connectivity index (χ1n) is 6.05. The van der Waals surface area contributed by atoms with Crippen molar-refractivity contribution >= 4 is 22.4 Å². The normalized spacial score (nSPS) is 10.4. The molecule has 0 saturated heterocycles. The molecule has 0 spiro atoms. The molecule has 0 saturated carbocycles. The largest absolute Gasteiger partial charge is 0.375 e. The van der Waals surface area contributed by atoms with Gasteiger partial charge in [-0.1, -0.05) is 24.3 Å². The van der Waals surface area contributed by atoms with E-state index >= 15 is 0 Å². The van der Waals surface area contributed by atoms with Crippen LogP contribution in [-0.4, -0.2) is 15.9 Å². The molecule has 0 aromatic carbocycles. The third-order valence-corrected chi connectivity index (χ3v) is 3.79. The molecule has 0 aliphatic carbocycles. The Kier molecular flexibility index (Phi) is 4.11. The summed E-state index contributed by atoms with van der Waals surface area (Å²) in [4.78, 5) is 20.9. The number of hydrogen-bond acceptors (Lipinski definition) is 5. The SMILES string of the molecule is CCc1cccnc1CNC(=O)c1sc(N)nc1C. The molecule has 2 rings (SSSR count). The van der Waals surface area contributed by atoms with E-state index in [1.54, 1.807) is 13.1 Å². The molecule has 5 nitrogen and oxygen atoms in total. The summed E-state index contributed by atoms with van der Waals surface area (Å²) in [5, 5.41) is 3.27. The lowest BCUT2D eigenvalue weighted by Gasteiger charge is -2.07. The molecule has 0 aliphatic rings. The number of thiazole rings is 1. The van der Waals surface area contributed by atoms with E-state index in [4.69, 9.17) is 5.73 Å². The van der Waals surface area contributed by atoms with Crippen molar-refractivity contribution in [3.05, 3.63) is 40.2 Å². The molecule has 2 aromatic heterocycles. The predicted molar refractivity (Wildman–Crippen MR) is 76.0 cm³/mol. The lowest BCUT2D eigenvalue weighted by Crippen LogP contribution is -2.23. The first-order chi connectivity index (χ1) is 9.11. The second-order valence-corrected chi connectivity index (χ2v) is 5.14. The third kappa shape index (κ3) is 3.08. The van der Waals surface area contributed by atoms with Gasteiger partial charge >= 0.3 is 0 Å². The van der Waals surface area contributed by atoms with Gasteiger partial charge in [-0.15, -0.1) is 0 Å². The number of rotatable bonds is 4. The van der Waals surface area contributed by atoms with Crippen molar-refractivity contribution in [3.63, 3.8) is 0 Å². The first kappa shape index (κ1) is 13.5. The van der Waals surface area contributed by atoms with Crippen LogP contribution in [0.2, 0.25) is 0 Å². The Hall–Kier alpha value is -1.95. The van der Waals surface area contributed by atoms with Crippen LogP contribution in [0.15, 0.2) is 18.3 Å². The van der Waals surface area contributed by atoms with E-state index < -0.39 is 0 Å². The number of nitrogens with two attached hydrogens (primary N) is 1. The zero-order chi connectivity index (χ0) is 13.8. The summed E-state index contributed by atoms with van der Waals surface area (Å²) in [5.41, 5.74) is 8.29. The molecule has 0 fully saturated rings. The van der Waals surface area contributed by atoms with Gasteiger partial charge in [0, 0.05) is 6.20 Å². The Morgan fingerprint density at radius 1 is 1.53 bits per heavy atom. The van der Waals surface area contributed by atoms with Crippen LogP contribution in [0.5, 0.6) is 0 Å². The van der Waals surface area contributed by atoms with E-state index in [9.17, 15) is 4.79 Å². The van der Waals surface area contributed by atoms with Crippen molar-refractivity contribution in [2.75, 3.05) is 5.73 Å². The van der Waals surface area contributed by atoms with Crippen LogP contribution < -0.4 is 11.1 Å². The summed E-state index contributed by atoms with van der Waals surface area (Å²) < 4.78 is 0.